The van der Waals surface area contributed by atoms with Crippen molar-refractivity contribution in [1.29, 1.82) is 0 Å². The highest BCUT2D eigenvalue weighted by Crippen LogP contribution is 2.58. The number of fused-ring (bicyclic) bond motifs is 2. The molecule has 0 bridgehead atoms. The van der Waals surface area contributed by atoms with Crippen LogP contribution >= 0.6 is 11.8 Å². The van der Waals surface area contributed by atoms with Gasteiger partial charge < -0.3 is 14.2 Å². The summed E-state index contributed by atoms with van der Waals surface area (Å²) in [6.45, 7) is 6.97. The molecule has 2 aliphatic rings. The van der Waals surface area contributed by atoms with Crippen molar-refractivity contribution in [3.8, 4) is 0 Å². The lowest BCUT2D eigenvalue weighted by Crippen LogP contribution is -2.54. The molecule has 9 heteroatoms. The van der Waals surface area contributed by atoms with Gasteiger partial charge >= 0.3 is 18.0 Å². The Morgan fingerprint density at radius 2 is 1.90 bits per heavy atom. The number of thioether (sulfide) groups is 1. The second kappa shape index (κ2) is 8.53. The minimum absolute atomic E-state index is 0.0678. The number of methoxy groups -OCH3 is 1. The molecule has 8 nitrogen and oxygen atoms in total. The van der Waals surface area contributed by atoms with Gasteiger partial charge in [0.25, 0.3) is 0 Å². The minimum Gasteiger partial charge on any atom is -0.469 e. The van der Waals surface area contributed by atoms with E-state index in [9.17, 15) is 19.2 Å². The topological polar surface area (TPSA) is 99.2 Å². The lowest BCUT2D eigenvalue weighted by molar-refractivity contribution is -0.148. The highest BCUT2D eigenvalue weighted by molar-refractivity contribution is 8.01. The third-order valence-corrected chi connectivity index (χ3v) is 6.88. The van der Waals surface area contributed by atoms with Gasteiger partial charge in [0.15, 0.2) is 0 Å². The van der Waals surface area contributed by atoms with Gasteiger partial charge in [-0.3, -0.25) is 14.4 Å². The van der Waals surface area contributed by atoms with Crippen LogP contribution < -0.4 is 4.90 Å². The van der Waals surface area contributed by atoms with E-state index in [-0.39, 0.29) is 13.0 Å². The molecule has 0 radical (unpaired) electrons. The Bertz CT molecular complexity index is 909. The molecule has 0 unspecified atom stereocenters. The maximum absolute atomic E-state index is 14.0. The molecule has 1 spiro atoms. The largest absolute Gasteiger partial charge is 0.469 e. The Labute approximate surface area is 185 Å². The molecule has 2 heterocycles. The fourth-order valence-corrected chi connectivity index (χ4v) is 5.92. The maximum atomic E-state index is 14.0. The van der Waals surface area contributed by atoms with Gasteiger partial charge in [0.1, 0.15) is 16.3 Å². The highest BCUT2D eigenvalue weighted by Gasteiger charge is 2.67. The van der Waals surface area contributed by atoms with E-state index in [0.29, 0.717) is 17.0 Å². The minimum atomic E-state index is -1.43. The monoisotopic (exact) mass is 449 g/mol. The molecule has 2 amide bonds. The zero-order valence-electron chi connectivity index (χ0n) is 18.3. The van der Waals surface area contributed by atoms with Crippen molar-refractivity contribution in [2.24, 2.45) is 5.92 Å². The van der Waals surface area contributed by atoms with E-state index >= 15 is 0 Å². The maximum Gasteiger partial charge on any atom is 0.421 e. The van der Waals surface area contributed by atoms with Crippen molar-refractivity contribution in [3.05, 3.63) is 29.8 Å². The number of carbonyl (C=O) groups is 4. The molecule has 1 saturated heterocycles. The lowest BCUT2D eigenvalue weighted by Gasteiger charge is -2.33. The number of anilines is 1. The molecule has 3 rings (SSSR count). The van der Waals surface area contributed by atoms with E-state index in [1.807, 2.05) is 0 Å². The van der Waals surface area contributed by atoms with E-state index in [1.54, 1.807) is 52.0 Å². The smallest absolute Gasteiger partial charge is 0.421 e. The van der Waals surface area contributed by atoms with Crippen LogP contribution in [0.5, 0.6) is 0 Å². The Kier molecular flexibility index (Phi) is 6.36. The van der Waals surface area contributed by atoms with Crippen molar-refractivity contribution in [3.63, 3.8) is 0 Å². The van der Waals surface area contributed by atoms with Crippen molar-refractivity contribution in [2.45, 2.75) is 50.4 Å². The summed E-state index contributed by atoms with van der Waals surface area (Å²) in [7, 11) is 1.28. The summed E-state index contributed by atoms with van der Waals surface area (Å²) in [5, 5.41) is -0.900. The summed E-state index contributed by atoms with van der Waals surface area (Å²) in [5.41, 5.74) is -1.38. The Morgan fingerprint density at radius 1 is 1.23 bits per heavy atom. The van der Waals surface area contributed by atoms with Gasteiger partial charge in [-0.25, -0.2) is 9.69 Å². The van der Waals surface area contributed by atoms with E-state index in [0.717, 1.165) is 4.90 Å². The van der Waals surface area contributed by atoms with Crippen molar-refractivity contribution >= 4 is 41.4 Å². The molecule has 0 saturated carbocycles. The highest BCUT2D eigenvalue weighted by atomic mass is 32.2. The van der Waals surface area contributed by atoms with Crippen LogP contribution in [0.4, 0.5) is 10.5 Å². The first-order valence-corrected chi connectivity index (χ1v) is 11.1. The second-order valence-electron chi connectivity index (χ2n) is 8.45. The average Bonchev–Trinajstić information content (AvgIpc) is 3.18. The summed E-state index contributed by atoms with van der Waals surface area (Å²) in [5.74, 6) is -1.81. The van der Waals surface area contributed by atoms with Crippen LogP contribution in [0.25, 0.3) is 0 Å². The van der Waals surface area contributed by atoms with Crippen LogP contribution in [0.3, 0.4) is 0 Å². The zero-order chi connectivity index (χ0) is 23.0. The fraction of sp³-hybridized carbons (Fsp3) is 0.545. The number of rotatable bonds is 4. The van der Waals surface area contributed by atoms with Gasteiger partial charge in [-0.2, -0.15) is 0 Å². The van der Waals surface area contributed by atoms with Crippen LogP contribution in [-0.2, 0) is 34.0 Å². The number of imide groups is 1. The standard InChI is InChI=1S/C22H27NO7S/c1-6-29-18(25)17-22(13(12-31-17)11-16(24)28-5)14-9-7-8-10-15(14)23(19(22)26)20(27)30-21(2,3)4/h7-10,13,17H,6,11-12H2,1-5H3/t13-,17-,22-/m1/s1. The SMILES string of the molecule is CCOC(=O)[C@H]1SC[C@@H](CC(=O)OC)[C@]12C(=O)N(C(=O)OC(C)(C)C)c1ccccc12. The number of ether oxygens (including phenoxy) is 3. The first-order valence-electron chi connectivity index (χ1n) is 10.1. The summed E-state index contributed by atoms with van der Waals surface area (Å²) in [6.07, 6.45) is -0.889. The number of nitrogens with zero attached hydrogens (tertiary/aromatic N) is 1. The van der Waals surface area contributed by atoms with Crippen molar-refractivity contribution in [2.75, 3.05) is 24.4 Å². The first kappa shape index (κ1) is 23.1. The average molecular weight is 450 g/mol. The van der Waals surface area contributed by atoms with Gasteiger partial charge in [0.05, 0.1) is 25.8 Å². The van der Waals surface area contributed by atoms with E-state index in [4.69, 9.17) is 14.2 Å². The molecular weight excluding hydrogens is 422 g/mol. The van der Waals surface area contributed by atoms with Gasteiger partial charge in [-0.05, 0) is 51.0 Å². The summed E-state index contributed by atoms with van der Waals surface area (Å²) in [4.78, 5) is 53.1. The van der Waals surface area contributed by atoms with E-state index < -0.39 is 46.1 Å². The molecule has 1 aromatic carbocycles. The summed E-state index contributed by atoms with van der Waals surface area (Å²) >= 11 is 1.26. The van der Waals surface area contributed by atoms with Gasteiger partial charge in [0, 0.05) is 0 Å². The Balaban J connectivity index is 2.17. The quantitative estimate of drug-likeness (QED) is 0.511. The van der Waals surface area contributed by atoms with Gasteiger partial charge in [-0.15, -0.1) is 11.8 Å². The number of hydrogen-bond donors (Lipinski definition) is 0. The fourth-order valence-electron chi connectivity index (χ4n) is 4.23. The lowest BCUT2D eigenvalue weighted by atomic mass is 9.68. The molecule has 0 aromatic heterocycles. The molecule has 168 valence electrons. The van der Waals surface area contributed by atoms with Crippen LogP contribution in [0.15, 0.2) is 24.3 Å². The normalized spacial score (nSPS) is 24.8. The second-order valence-corrected chi connectivity index (χ2v) is 9.59. The Hall–Kier alpha value is -2.55. The Morgan fingerprint density at radius 3 is 2.52 bits per heavy atom. The van der Waals surface area contributed by atoms with Crippen molar-refractivity contribution in [1.82, 2.24) is 0 Å². The van der Waals surface area contributed by atoms with Crippen LogP contribution in [-0.4, -0.2) is 54.3 Å². The van der Waals surface area contributed by atoms with Gasteiger partial charge in [0.2, 0.25) is 5.91 Å². The number of hydrogen-bond acceptors (Lipinski definition) is 8. The molecular formula is C22H27NO7S. The predicted molar refractivity (Wildman–Crippen MR) is 115 cm³/mol. The summed E-state index contributed by atoms with van der Waals surface area (Å²) in [6, 6.07) is 6.82. The molecule has 2 aliphatic heterocycles. The van der Waals surface area contributed by atoms with Crippen LogP contribution in [0.2, 0.25) is 0 Å². The first-order chi connectivity index (χ1) is 14.6. The number of para-hydroxylation sites is 1. The zero-order valence-corrected chi connectivity index (χ0v) is 19.1. The predicted octanol–water partition coefficient (Wildman–Crippen LogP) is 3.06. The molecule has 0 N–H and O–H groups in total. The molecule has 1 aromatic rings. The van der Waals surface area contributed by atoms with Gasteiger partial charge in [-0.1, -0.05) is 18.2 Å². The summed E-state index contributed by atoms with van der Waals surface area (Å²) < 4.78 is 15.6. The molecule has 1 fully saturated rings. The number of benzene rings is 1. The molecule has 0 aliphatic carbocycles. The van der Waals surface area contributed by atoms with Crippen LogP contribution in [0.1, 0.15) is 39.7 Å². The third-order valence-electron chi connectivity index (χ3n) is 5.39. The molecule has 3 atom stereocenters. The van der Waals surface area contributed by atoms with Crippen LogP contribution in [0, 0.1) is 5.92 Å². The number of carbonyl (C=O) groups excluding carboxylic acids is 4. The van der Waals surface area contributed by atoms with E-state index in [2.05, 4.69) is 0 Å². The van der Waals surface area contributed by atoms with E-state index in [1.165, 1.54) is 18.9 Å². The number of esters is 2. The molecule has 31 heavy (non-hydrogen) atoms. The third kappa shape index (κ3) is 3.91. The number of amides is 2. The van der Waals surface area contributed by atoms with Crippen molar-refractivity contribution < 1.29 is 33.4 Å².